The van der Waals surface area contributed by atoms with Crippen molar-refractivity contribution in [3.8, 4) is 5.75 Å². The predicted molar refractivity (Wildman–Crippen MR) is 117 cm³/mol. The molecule has 1 aliphatic heterocycles. The third-order valence-corrected chi connectivity index (χ3v) is 5.04. The number of benzene rings is 1. The van der Waals surface area contributed by atoms with Crippen LogP contribution in [0.4, 0.5) is 13.2 Å². The van der Waals surface area contributed by atoms with Crippen LogP contribution in [-0.4, -0.2) is 54.5 Å². The van der Waals surface area contributed by atoms with Gasteiger partial charge in [-0.2, -0.15) is 13.2 Å². The van der Waals surface area contributed by atoms with Gasteiger partial charge in [-0.05, 0) is 50.5 Å². The number of aryl methyl sites for hydroxylation is 1. The number of hydrogen-bond acceptors (Lipinski definition) is 6. The van der Waals surface area contributed by atoms with Crippen molar-refractivity contribution in [2.45, 2.75) is 45.0 Å². The highest BCUT2D eigenvalue weighted by Gasteiger charge is 2.49. The molecule has 9 nitrogen and oxygen atoms in total. The van der Waals surface area contributed by atoms with Crippen LogP contribution >= 0.6 is 15.9 Å². The van der Waals surface area contributed by atoms with Gasteiger partial charge in [-0.15, -0.1) is 0 Å². The molecule has 0 saturated carbocycles. The van der Waals surface area contributed by atoms with E-state index < -0.39 is 35.8 Å². The number of hydroxylamine groups is 1. The third kappa shape index (κ3) is 7.09. The number of guanidine groups is 1. The number of aliphatic imine (C=N–C) groups is 1. The number of hydrogen-bond donors (Lipinski definition) is 4. The van der Waals surface area contributed by atoms with Gasteiger partial charge in [0.25, 0.3) is 5.91 Å². The van der Waals surface area contributed by atoms with Crippen molar-refractivity contribution in [2.24, 2.45) is 10.7 Å². The number of fused-ring (bicyclic) bond motifs is 1. The molecular weight excluding hydrogens is 513 g/mol. The Kier molecular flexibility index (Phi) is 9.11. The summed E-state index contributed by atoms with van der Waals surface area (Å²) < 4.78 is 51.9. The number of nitrogens with zero attached hydrogens (tertiary/aromatic N) is 1. The smallest absolute Gasteiger partial charge is 0.429 e. The number of rotatable bonds is 8. The Morgan fingerprint density at radius 3 is 2.70 bits per heavy atom. The molecule has 2 atom stereocenters. The molecular formula is C20H24BrF3N4O5. The van der Waals surface area contributed by atoms with Crippen LogP contribution < -0.4 is 21.3 Å². The minimum atomic E-state index is -4.87. The predicted octanol–water partition coefficient (Wildman–Crippen LogP) is 2.59. The SMILES string of the molecule is CCOC(=O)[C@H](CCCN=C(N)NO)NC(=O)C1=Cc2cc(Br)cc(C)c2O[C@@H]1C(F)(F)F. The fraction of sp³-hybridized carbons (Fsp3) is 0.450. The molecule has 1 aliphatic rings. The molecule has 1 aromatic rings. The lowest BCUT2D eigenvalue weighted by Crippen LogP contribution is -2.48. The fourth-order valence-corrected chi connectivity index (χ4v) is 3.73. The first-order valence-corrected chi connectivity index (χ1v) is 10.7. The number of ether oxygens (including phenoxy) is 2. The van der Waals surface area contributed by atoms with Gasteiger partial charge in [-0.1, -0.05) is 15.9 Å². The summed E-state index contributed by atoms with van der Waals surface area (Å²) in [6.45, 7) is 3.25. The number of amides is 1. The summed E-state index contributed by atoms with van der Waals surface area (Å²) in [7, 11) is 0. The summed E-state index contributed by atoms with van der Waals surface area (Å²) in [5, 5.41) is 10.9. The maximum absolute atomic E-state index is 13.7. The Bertz CT molecular complexity index is 952. The first-order chi connectivity index (χ1) is 15.5. The molecule has 1 aromatic carbocycles. The van der Waals surface area contributed by atoms with Gasteiger partial charge in [-0.25, -0.2) is 10.3 Å². The second kappa shape index (κ2) is 11.4. The van der Waals surface area contributed by atoms with Crippen LogP contribution in [0.3, 0.4) is 0 Å². The molecule has 1 amide bonds. The number of carbonyl (C=O) groups excluding carboxylic acids is 2. The molecule has 182 valence electrons. The van der Waals surface area contributed by atoms with Gasteiger partial charge in [0.2, 0.25) is 12.1 Å². The van der Waals surface area contributed by atoms with Gasteiger partial charge in [0.1, 0.15) is 11.8 Å². The molecule has 2 rings (SSSR count). The average Bonchev–Trinajstić information content (AvgIpc) is 2.73. The zero-order valence-corrected chi connectivity index (χ0v) is 19.4. The zero-order valence-electron chi connectivity index (χ0n) is 17.8. The Morgan fingerprint density at radius 1 is 1.39 bits per heavy atom. The monoisotopic (exact) mass is 536 g/mol. The van der Waals surface area contributed by atoms with Gasteiger partial charge in [0.15, 0.2) is 0 Å². The van der Waals surface area contributed by atoms with Crippen molar-refractivity contribution >= 4 is 39.8 Å². The highest BCUT2D eigenvalue weighted by atomic mass is 79.9. The summed E-state index contributed by atoms with van der Waals surface area (Å²) in [5.41, 5.74) is 7.00. The lowest BCUT2D eigenvalue weighted by atomic mass is 9.98. The van der Waals surface area contributed by atoms with Crippen LogP contribution in [-0.2, 0) is 14.3 Å². The topological polar surface area (TPSA) is 135 Å². The Hall–Kier alpha value is -2.80. The fourth-order valence-electron chi connectivity index (χ4n) is 3.14. The molecule has 0 fully saturated rings. The molecule has 5 N–H and O–H groups in total. The quantitative estimate of drug-likeness (QED) is 0.132. The molecule has 0 aliphatic carbocycles. The molecule has 0 radical (unpaired) electrons. The first-order valence-electron chi connectivity index (χ1n) is 9.90. The Labute approximate surface area is 196 Å². The van der Waals surface area contributed by atoms with Crippen LogP contribution in [0.5, 0.6) is 5.75 Å². The van der Waals surface area contributed by atoms with E-state index in [0.717, 1.165) is 6.08 Å². The summed E-state index contributed by atoms with van der Waals surface area (Å²) in [5.74, 6) is -2.14. The maximum Gasteiger partial charge on any atom is 0.429 e. The van der Waals surface area contributed by atoms with E-state index in [1.165, 1.54) is 6.07 Å². The van der Waals surface area contributed by atoms with Crippen LogP contribution in [0.25, 0.3) is 6.08 Å². The minimum absolute atomic E-state index is 0.0127. The van der Waals surface area contributed by atoms with E-state index in [4.69, 9.17) is 20.4 Å². The Balaban J connectivity index is 2.30. The summed E-state index contributed by atoms with van der Waals surface area (Å²) in [4.78, 5) is 28.9. The van der Waals surface area contributed by atoms with Crippen LogP contribution in [0.2, 0.25) is 0 Å². The van der Waals surface area contributed by atoms with E-state index in [2.05, 4.69) is 26.2 Å². The largest absolute Gasteiger partial charge is 0.475 e. The number of halogens is 4. The highest BCUT2D eigenvalue weighted by molar-refractivity contribution is 9.10. The molecule has 0 saturated heterocycles. The number of carbonyl (C=O) groups is 2. The summed E-state index contributed by atoms with van der Waals surface area (Å²) in [6, 6.07) is 1.91. The van der Waals surface area contributed by atoms with E-state index in [9.17, 15) is 22.8 Å². The number of esters is 1. The Morgan fingerprint density at radius 2 is 2.09 bits per heavy atom. The van der Waals surface area contributed by atoms with E-state index in [0.29, 0.717) is 15.6 Å². The van der Waals surface area contributed by atoms with Crippen molar-refractivity contribution < 1.29 is 37.4 Å². The van der Waals surface area contributed by atoms with Gasteiger partial charge in [0, 0.05) is 16.6 Å². The molecule has 33 heavy (non-hydrogen) atoms. The maximum atomic E-state index is 13.7. The highest BCUT2D eigenvalue weighted by Crippen LogP contribution is 2.40. The van der Waals surface area contributed by atoms with Crippen LogP contribution in [0, 0.1) is 6.92 Å². The molecule has 0 aromatic heterocycles. The standard InChI is InChI=1S/C20H24BrF3N4O5/c1-3-32-18(30)14(5-4-6-26-19(25)28-31)27-17(29)13-9-11-8-12(21)7-10(2)15(11)33-16(13)20(22,23)24/h7-9,14,16,31H,3-6H2,1-2H3,(H,27,29)(H3,25,26,28)/t14-,16-/m0/s1. The molecule has 0 spiro atoms. The van der Waals surface area contributed by atoms with Crippen molar-refractivity contribution in [1.82, 2.24) is 10.8 Å². The first kappa shape index (κ1) is 26.5. The third-order valence-electron chi connectivity index (χ3n) is 4.58. The molecule has 0 bridgehead atoms. The summed E-state index contributed by atoms with van der Waals surface area (Å²) in [6.07, 6.45) is -6.04. The van der Waals surface area contributed by atoms with Crippen molar-refractivity contribution in [2.75, 3.05) is 13.2 Å². The molecule has 1 heterocycles. The number of nitrogens with one attached hydrogen (secondary N) is 2. The van der Waals surface area contributed by atoms with Gasteiger partial charge >= 0.3 is 12.1 Å². The normalized spacial score (nSPS) is 16.8. The minimum Gasteiger partial charge on any atom is -0.475 e. The molecule has 13 heteroatoms. The van der Waals surface area contributed by atoms with Crippen molar-refractivity contribution in [3.63, 3.8) is 0 Å². The summed E-state index contributed by atoms with van der Waals surface area (Å²) >= 11 is 3.27. The number of nitrogens with two attached hydrogens (primary N) is 1. The van der Waals surface area contributed by atoms with E-state index in [-0.39, 0.29) is 37.7 Å². The van der Waals surface area contributed by atoms with E-state index >= 15 is 0 Å². The van der Waals surface area contributed by atoms with Gasteiger partial charge in [0.05, 0.1) is 12.2 Å². The number of alkyl halides is 3. The van der Waals surface area contributed by atoms with Crippen LogP contribution in [0.1, 0.15) is 30.9 Å². The zero-order chi connectivity index (χ0) is 24.8. The average molecular weight is 537 g/mol. The van der Waals surface area contributed by atoms with Gasteiger partial charge in [-0.3, -0.25) is 15.0 Å². The van der Waals surface area contributed by atoms with E-state index in [1.54, 1.807) is 25.4 Å². The van der Waals surface area contributed by atoms with Gasteiger partial charge < -0.3 is 20.5 Å². The van der Waals surface area contributed by atoms with E-state index in [1.807, 2.05) is 0 Å². The van der Waals surface area contributed by atoms with Crippen LogP contribution in [0.15, 0.2) is 27.2 Å². The van der Waals surface area contributed by atoms with Crippen molar-refractivity contribution in [3.05, 3.63) is 33.3 Å². The second-order valence-electron chi connectivity index (χ2n) is 7.08. The van der Waals surface area contributed by atoms with Crippen molar-refractivity contribution in [1.29, 1.82) is 0 Å². The lowest BCUT2D eigenvalue weighted by Gasteiger charge is -2.30. The lowest BCUT2D eigenvalue weighted by molar-refractivity contribution is -0.185. The molecule has 0 unspecified atom stereocenters. The second-order valence-corrected chi connectivity index (χ2v) is 7.99.